The Morgan fingerprint density at radius 3 is 2.85 bits per heavy atom. The fraction of sp³-hybridized carbons (Fsp3) is 0.200. The van der Waals surface area contributed by atoms with Crippen LogP contribution in [0.5, 0.6) is 0 Å². The van der Waals surface area contributed by atoms with Gasteiger partial charge in [0.2, 0.25) is 0 Å². The van der Waals surface area contributed by atoms with Crippen LogP contribution in [0.25, 0.3) is 22.7 Å². The van der Waals surface area contributed by atoms with Crippen molar-refractivity contribution in [3.05, 3.63) is 60.9 Å². The number of carbonyl (C=O) groups excluding carboxylic acids is 1. The molecule has 1 atom stereocenters. The lowest BCUT2D eigenvalue weighted by Crippen LogP contribution is -2.11. The fourth-order valence-corrected chi connectivity index (χ4v) is 3.33. The van der Waals surface area contributed by atoms with Crippen molar-refractivity contribution in [2.24, 2.45) is 0 Å². The van der Waals surface area contributed by atoms with E-state index in [1.807, 2.05) is 6.07 Å². The van der Waals surface area contributed by atoms with Crippen LogP contribution in [-0.4, -0.2) is 55.9 Å². The molecule has 1 unspecified atom stereocenters. The second kappa shape index (κ2) is 9.41. The third-order valence-corrected chi connectivity index (χ3v) is 4.82. The minimum atomic E-state index is -3.77. The maximum atomic E-state index is 12.9. The first-order valence-electron chi connectivity index (χ1n) is 9.77. The van der Waals surface area contributed by atoms with Gasteiger partial charge in [0, 0.05) is 19.5 Å². The molecule has 0 bridgehead atoms. The van der Waals surface area contributed by atoms with Crippen LogP contribution in [0.2, 0.25) is 0 Å². The molecule has 33 heavy (non-hydrogen) atoms. The van der Waals surface area contributed by atoms with Gasteiger partial charge in [0.1, 0.15) is 11.5 Å². The van der Waals surface area contributed by atoms with Crippen molar-refractivity contribution in [2.75, 3.05) is 25.7 Å². The molecule has 4 heterocycles. The summed E-state index contributed by atoms with van der Waals surface area (Å²) in [5.41, 5.74) is 2.05. The summed E-state index contributed by atoms with van der Waals surface area (Å²) in [5, 5.41) is 11.2. The average Bonchev–Trinajstić information content (AvgIpc) is 3.51. The lowest BCUT2D eigenvalue weighted by atomic mass is 10.2. The molecular weight excluding hydrogens is 451 g/mol. The highest BCUT2D eigenvalue weighted by Gasteiger charge is 2.19. The number of nitrogens with one attached hydrogen (secondary N) is 1. The van der Waals surface area contributed by atoms with Crippen LogP contribution >= 0.6 is 7.60 Å². The number of anilines is 1. The van der Waals surface area contributed by atoms with Crippen LogP contribution in [0.15, 0.2) is 59.5 Å². The number of aromatic nitrogens is 5. The number of hydrogen-bond donors (Lipinski definition) is 2. The van der Waals surface area contributed by atoms with Gasteiger partial charge >= 0.3 is 7.60 Å². The van der Waals surface area contributed by atoms with Crippen molar-refractivity contribution in [3.8, 4) is 22.7 Å². The molecule has 0 aliphatic carbocycles. The molecule has 12 nitrogen and oxygen atoms in total. The van der Waals surface area contributed by atoms with Crippen molar-refractivity contribution in [3.63, 3.8) is 0 Å². The minimum absolute atomic E-state index is 0.0543. The molecule has 1 amide bonds. The van der Waals surface area contributed by atoms with E-state index in [4.69, 9.17) is 13.8 Å². The van der Waals surface area contributed by atoms with Crippen LogP contribution < -0.4 is 9.94 Å². The predicted octanol–water partition coefficient (Wildman–Crippen LogP) is 2.54. The third kappa shape index (κ3) is 5.55. The molecule has 0 spiro atoms. The van der Waals surface area contributed by atoms with Crippen LogP contribution in [0, 0.1) is 0 Å². The normalized spacial score (nSPS) is 12.9. The summed E-state index contributed by atoms with van der Waals surface area (Å²) in [7, 11) is -2.17. The zero-order valence-electron chi connectivity index (χ0n) is 17.8. The van der Waals surface area contributed by atoms with Gasteiger partial charge in [0.25, 0.3) is 5.91 Å². The number of pyridine rings is 1. The molecule has 0 aliphatic heterocycles. The number of rotatable bonds is 9. The van der Waals surface area contributed by atoms with E-state index in [-0.39, 0.29) is 5.76 Å². The summed E-state index contributed by atoms with van der Waals surface area (Å²) in [6, 6.07) is 8.52. The van der Waals surface area contributed by atoms with Crippen LogP contribution in [0.3, 0.4) is 0 Å². The number of nitrogens with zero attached hydrogens (tertiary/aromatic N) is 5. The van der Waals surface area contributed by atoms with Crippen molar-refractivity contribution in [2.45, 2.75) is 6.54 Å². The summed E-state index contributed by atoms with van der Waals surface area (Å²) in [5.74, 6) is -0.0972. The fourth-order valence-electron chi connectivity index (χ4n) is 2.94. The van der Waals surface area contributed by atoms with E-state index in [1.54, 1.807) is 42.4 Å². The second-order valence-corrected chi connectivity index (χ2v) is 8.77. The Bertz CT molecular complexity index is 1290. The Labute approximate surface area is 188 Å². The third-order valence-electron chi connectivity index (χ3n) is 4.35. The van der Waals surface area contributed by atoms with E-state index in [2.05, 4.69) is 20.5 Å². The van der Waals surface area contributed by atoms with Gasteiger partial charge in [-0.05, 0) is 24.3 Å². The molecule has 2 N–H and O–H groups in total. The summed E-state index contributed by atoms with van der Waals surface area (Å²) in [6.45, 7) is 2.00. The lowest BCUT2D eigenvalue weighted by molar-refractivity contribution is 0.0997. The first-order valence-corrected chi connectivity index (χ1v) is 11.8. The standard InChI is InChI=1S/C20H21N6O6P/c1-30-10-9-25-13-16(19(24-25)15-5-3-4-8-21-15)23-20(27)18-7-6-17(31-18)14-11-22-26(12-14)32-33(2,28)29/h3-8,11-13H,9-10H2,1-2H3,(H,23,27)(H,28,29). The molecule has 0 aliphatic rings. The number of furan rings is 1. The van der Waals surface area contributed by atoms with E-state index in [1.165, 1.54) is 18.5 Å². The molecule has 172 valence electrons. The summed E-state index contributed by atoms with van der Waals surface area (Å²) < 4.78 is 28.6. The molecule has 13 heteroatoms. The van der Waals surface area contributed by atoms with Crippen LogP contribution in [0.1, 0.15) is 10.6 Å². The molecule has 0 radical (unpaired) electrons. The van der Waals surface area contributed by atoms with Gasteiger partial charge in [-0.2, -0.15) is 5.10 Å². The van der Waals surface area contributed by atoms with Gasteiger partial charge < -0.3 is 24.0 Å². The quantitative estimate of drug-likeness (QED) is 0.351. The van der Waals surface area contributed by atoms with Crippen LogP contribution in [-0.2, 0) is 15.8 Å². The Morgan fingerprint density at radius 2 is 2.12 bits per heavy atom. The van der Waals surface area contributed by atoms with Gasteiger partial charge in [-0.25, -0.2) is 4.57 Å². The number of methoxy groups -OCH3 is 1. The van der Waals surface area contributed by atoms with E-state index >= 15 is 0 Å². The molecule has 0 saturated carbocycles. The first-order chi connectivity index (χ1) is 15.8. The van der Waals surface area contributed by atoms with Crippen molar-refractivity contribution in [1.29, 1.82) is 0 Å². The van der Waals surface area contributed by atoms with Gasteiger partial charge in [-0.1, -0.05) is 10.9 Å². The Kier molecular flexibility index (Phi) is 6.40. The molecule has 0 fully saturated rings. The summed E-state index contributed by atoms with van der Waals surface area (Å²) >= 11 is 0. The Morgan fingerprint density at radius 1 is 1.27 bits per heavy atom. The van der Waals surface area contributed by atoms with Crippen molar-refractivity contribution >= 4 is 19.2 Å². The number of carbonyl (C=O) groups is 1. The highest BCUT2D eigenvalue weighted by atomic mass is 31.2. The average molecular weight is 472 g/mol. The Balaban J connectivity index is 1.54. The molecule has 4 rings (SSSR count). The SMILES string of the molecule is COCCn1cc(NC(=O)c2ccc(-c3cnn(OP(C)(=O)O)c3)o2)c(-c2ccccn2)n1. The van der Waals surface area contributed by atoms with E-state index < -0.39 is 13.5 Å². The zero-order valence-corrected chi connectivity index (χ0v) is 18.7. The monoisotopic (exact) mass is 472 g/mol. The highest BCUT2D eigenvalue weighted by molar-refractivity contribution is 7.52. The molecule has 0 saturated heterocycles. The van der Waals surface area contributed by atoms with Crippen molar-refractivity contribution in [1.82, 2.24) is 24.7 Å². The smallest absolute Gasteiger partial charge is 0.394 e. The molecule has 4 aromatic heterocycles. The molecule has 4 aromatic rings. The van der Waals surface area contributed by atoms with Crippen molar-refractivity contribution < 1.29 is 28.0 Å². The van der Waals surface area contributed by atoms with E-state index in [0.717, 1.165) is 11.5 Å². The minimum Gasteiger partial charge on any atom is -0.451 e. The summed E-state index contributed by atoms with van der Waals surface area (Å²) in [4.78, 5) is 27.3. The maximum absolute atomic E-state index is 12.9. The summed E-state index contributed by atoms with van der Waals surface area (Å²) in [6.07, 6.45) is 6.09. The van der Waals surface area contributed by atoms with E-state index in [9.17, 15) is 14.3 Å². The van der Waals surface area contributed by atoms with E-state index in [0.29, 0.717) is 41.6 Å². The molecule has 0 aromatic carbocycles. The first kappa shape index (κ1) is 22.5. The van der Waals surface area contributed by atoms with Gasteiger partial charge in [-0.3, -0.25) is 14.5 Å². The lowest BCUT2D eigenvalue weighted by Gasteiger charge is -2.05. The predicted molar refractivity (Wildman–Crippen MR) is 118 cm³/mol. The zero-order chi connectivity index (χ0) is 23.4. The van der Waals surface area contributed by atoms with Crippen LogP contribution in [0.4, 0.5) is 5.69 Å². The largest absolute Gasteiger partial charge is 0.451 e. The maximum Gasteiger partial charge on any atom is 0.394 e. The number of ether oxygens (including phenoxy) is 1. The number of hydrogen-bond acceptors (Lipinski definition) is 8. The van der Waals surface area contributed by atoms with Gasteiger partial charge in [-0.15, -0.1) is 5.10 Å². The van der Waals surface area contributed by atoms with Gasteiger partial charge in [0.05, 0.1) is 49.2 Å². The Hall–Kier alpha value is -3.73. The second-order valence-electron chi connectivity index (χ2n) is 7.00. The number of amides is 1. The highest BCUT2D eigenvalue weighted by Crippen LogP contribution is 2.32. The van der Waals surface area contributed by atoms with Gasteiger partial charge in [0.15, 0.2) is 5.76 Å². The molecular formula is C20H21N6O6P. The topological polar surface area (TPSA) is 147 Å².